The number of sulfonamides is 2. The van der Waals surface area contributed by atoms with Crippen molar-refractivity contribution in [3.8, 4) is 5.75 Å². The highest BCUT2D eigenvalue weighted by molar-refractivity contribution is 7.89. The Labute approximate surface area is 229 Å². The number of piperidine rings is 1. The van der Waals surface area contributed by atoms with Gasteiger partial charge in [0, 0.05) is 19.6 Å². The second-order valence-corrected chi connectivity index (χ2v) is 13.5. The van der Waals surface area contributed by atoms with Gasteiger partial charge >= 0.3 is 0 Å². The van der Waals surface area contributed by atoms with Crippen molar-refractivity contribution >= 4 is 31.6 Å². The number of carbonyl (C=O) groups is 1. The molecule has 0 spiro atoms. The van der Waals surface area contributed by atoms with Crippen LogP contribution in [0.15, 0.2) is 82.6 Å². The van der Waals surface area contributed by atoms with Gasteiger partial charge in [0.25, 0.3) is 0 Å². The number of nitrogens with zero attached hydrogens (tertiary/aromatic N) is 2. The lowest BCUT2D eigenvalue weighted by Crippen LogP contribution is -2.50. The third-order valence-corrected chi connectivity index (χ3v) is 11.0. The molecule has 9 nitrogen and oxygen atoms in total. The maximum atomic E-state index is 13.8. The fourth-order valence-electron chi connectivity index (χ4n) is 5.12. The summed E-state index contributed by atoms with van der Waals surface area (Å²) in [5, 5.41) is 2.78. The van der Waals surface area contributed by atoms with E-state index in [0.29, 0.717) is 13.1 Å². The van der Waals surface area contributed by atoms with E-state index in [1.54, 1.807) is 18.2 Å². The van der Waals surface area contributed by atoms with Crippen LogP contribution in [0.3, 0.4) is 0 Å². The first-order valence-corrected chi connectivity index (χ1v) is 15.7. The zero-order valence-electron chi connectivity index (χ0n) is 21.6. The zero-order valence-corrected chi connectivity index (χ0v) is 23.2. The highest BCUT2D eigenvalue weighted by Gasteiger charge is 2.40. The number of amides is 1. The van der Waals surface area contributed by atoms with Crippen LogP contribution in [-0.4, -0.2) is 57.6 Å². The fraction of sp³-hybridized carbons (Fsp3) is 0.321. The van der Waals surface area contributed by atoms with Crippen molar-refractivity contribution in [1.82, 2.24) is 8.61 Å². The molecule has 0 aliphatic carbocycles. The lowest BCUT2D eigenvalue weighted by atomic mass is 9.95. The molecule has 1 saturated heterocycles. The van der Waals surface area contributed by atoms with E-state index in [0.717, 1.165) is 30.4 Å². The number of fused-ring (bicyclic) bond motifs is 1. The van der Waals surface area contributed by atoms with Gasteiger partial charge in [-0.3, -0.25) is 4.79 Å². The first kappa shape index (κ1) is 27.3. The molecule has 1 amide bonds. The van der Waals surface area contributed by atoms with E-state index in [2.05, 4.69) is 5.32 Å². The van der Waals surface area contributed by atoms with Crippen LogP contribution in [0, 0.1) is 0 Å². The van der Waals surface area contributed by atoms with Crippen molar-refractivity contribution < 1.29 is 26.4 Å². The third kappa shape index (κ3) is 5.44. The zero-order chi connectivity index (χ0) is 27.6. The molecule has 2 aliphatic rings. The predicted octanol–water partition coefficient (Wildman–Crippen LogP) is 3.62. The van der Waals surface area contributed by atoms with Crippen LogP contribution in [0.4, 0.5) is 5.69 Å². The normalized spacial score (nSPS) is 18.7. The van der Waals surface area contributed by atoms with Crippen molar-refractivity contribution in [2.75, 3.05) is 25.5 Å². The number of anilines is 1. The molecule has 1 atom stereocenters. The van der Waals surface area contributed by atoms with Gasteiger partial charge in [-0.15, -0.1) is 0 Å². The van der Waals surface area contributed by atoms with Crippen LogP contribution in [-0.2, 0) is 37.8 Å². The molecule has 206 valence electrons. The van der Waals surface area contributed by atoms with E-state index >= 15 is 0 Å². The Hall–Kier alpha value is -3.25. The predicted molar refractivity (Wildman–Crippen MR) is 147 cm³/mol. The maximum absolute atomic E-state index is 13.8. The number of nitrogens with one attached hydrogen (secondary N) is 1. The molecule has 0 saturated carbocycles. The van der Waals surface area contributed by atoms with Crippen molar-refractivity contribution in [3.05, 3.63) is 83.9 Å². The molecule has 0 aromatic heterocycles. The second-order valence-electron chi connectivity index (χ2n) is 9.67. The van der Waals surface area contributed by atoms with Gasteiger partial charge in [0.2, 0.25) is 26.0 Å². The number of rotatable bonds is 7. The van der Waals surface area contributed by atoms with Crippen molar-refractivity contribution in [3.63, 3.8) is 0 Å². The van der Waals surface area contributed by atoms with Gasteiger partial charge in [0.05, 0.1) is 22.6 Å². The number of hydrogen-bond donors (Lipinski definition) is 1. The summed E-state index contributed by atoms with van der Waals surface area (Å²) in [6.45, 7) is 0.930. The van der Waals surface area contributed by atoms with Gasteiger partial charge in [0.15, 0.2) is 0 Å². The smallest absolute Gasteiger partial charge is 0.244 e. The summed E-state index contributed by atoms with van der Waals surface area (Å²) >= 11 is 0. The Morgan fingerprint density at radius 2 is 1.49 bits per heavy atom. The van der Waals surface area contributed by atoms with Crippen molar-refractivity contribution in [1.29, 1.82) is 0 Å². The average molecular weight is 570 g/mol. The highest BCUT2D eigenvalue weighted by Crippen LogP contribution is 2.33. The number of methoxy groups -OCH3 is 1. The lowest BCUT2D eigenvalue weighted by Gasteiger charge is -2.35. The molecule has 1 N–H and O–H groups in total. The van der Waals surface area contributed by atoms with Gasteiger partial charge < -0.3 is 10.1 Å². The minimum Gasteiger partial charge on any atom is -0.495 e. The topological polar surface area (TPSA) is 113 Å². The van der Waals surface area contributed by atoms with Crippen LogP contribution in [0.25, 0.3) is 0 Å². The van der Waals surface area contributed by atoms with E-state index in [9.17, 15) is 21.6 Å². The van der Waals surface area contributed by atoms with E-state index in [1.165, 1.54) is 46.1 Å². The van der Waals surface area contributed by atoms with Gasteiger partial charge in [-0.2, -0.15) is 8.61 Å². The van der Waals surface area contributed by atoms with E-state index in [1.807, 2.05) is 24.3 Å². The summed E-state index contributed by atoms with van der Waals surface area (Å²) in [4.78, 5) is 13.9. The maximum Gasteiger partial charge on any atom is 0.244 e. The SMILES string of the molecule is COc1ccc(S(=O)(=O)N2CCCCC2)cc1NC(=O)C1Cc2ccccc2CN1S(=O)(=O)c1ccccc1. The van der Waals surface area contributed by atoms with Crippen LogP contribution in [0.2, 0.25) is 0 Å². The first-order chi connectivity index (χ1) is 18.7. The molecule has 1 fully saturated rings. The molecule has 3 aromatic carbocycles. The van der Waals surface area contributed by atoms with Crippen molar-refractivity contribution in [2.24, 2.45) is 0 Å². The third-order valence-electron chi connectivity index (χ3n) is 7.24. The van der Waals surface area contributed by atoms with E-state index in [-0.39, 0.29) is 34.2 Å². The molecule has 0 bridgehead atoms. The summed E-state index contributed by atoms with van der Waals surface area (Å²) in [7, 11) is -6.35. The highest BCUT2D eigenvalue weighted by atomic mass is 32.2. The van der Waals surface area contributed by atoms with E-state index < -0.39 is 32.0 Å². The fourth-order valence-corrected chi connectivity index (χ4v) is 8.25. The molecular weight excluding hydrogens is 538 g/mol. The standard InChI is InChI=1S/C28H31N3O6S2/c1-37-27-15-14-24(38(33,34)30-16-8-3-9-17-30)19-25(27)29-28(32)26-18-21-10-6-7-11-22(21)20-31(26)39(35,36)23-12-4-2-5-13-23/h2,4-7,10-15,19,26H,3,8-9,16-18,20H2,1H3,(H,29,32). The summed E-state index contributed by atoms with van der Waals surface area (Å²) < 4.78 is 62.0. The Balaban J connectivity index is 1.49. The molecule has 3 aromatic rings. The summed E-state index contributed by atoms with van der Waals surface area (Å²) in [6.07, 6.45) is 2.76. The van der Waals surface area contributed by atoms with Gasteiger partial charge in [-0.1, -0.05) is 48.9 Å². The lowest BCUT2D eigenvalue weighted by molar-refractivity contribution is -0.120. The summed E-state index contributed by atoms with van der Waals surface area (Å²) in [5.41, 5.74) is 1.87. The molecule has 1 unspecified atom stereocenters. The quantitative estimate of drug-likeness (QED) is 0.465. The molecule has 0 radical (unpaired) electrons. The summed E-state index contributed by atoms with van der Waals surface area (Å²) in [5.74, 6) is -0.301. The summed E-state index contributed by atoms with van der Waals surface area (Å²) in [6, 6.07) is 18.7. The number of ether oxygens (including phenoxy) is 1. The Morgan fingerprint density at radius 1 is 0.821 bits per heavy atom. The Morgan fingerprint density at radius 3 is 2.18 bits per heavy atom. The molecular formula is C28H31N3O6S2. The van der Waals surface area contributed by atoms with Crippen LogP contribution >= 0.6 is 0 Å². The molecule has 2 heterocycles. The minimum absolute atomic E-state index is 0.0337. The van der Waals surface area contributed by atoms with Crippen LogP contribution in [0.5, 0.6) is 5.75 Å². The Kier molecular flexibility index (Phi) is 7.77. The average Bonchev–Trinajstić information content (AvgIpc) is 2.97. The number of hydrogen-bond acceptors (Lipinski definition) is 6. The van der Waals surface area contributed by atoms with Crippen LogP contribution in [0.1, 0.15) is 30.4 Å². The van der Waals surface area contributed by atoms with Gasteiger partial charge in [-0.05, 0) is 60.7 Å². The minimum atomic E-state index is -4.01. The molecule has 2 aliphatic heterocycles. The number of benzene rings is 3. The number of carbonyl (C=O) groups excluding carboxylic acids is 1. The molecule has 39 heavy (non-hydrogen) atoms. The largest absolute Gasteiger partial charge is 0.495 e. The van der Waals surface area contributed by atoms with E-state index in [4.69, 9.17) is 4.74 Å². The molecule has 11 heteroatoms. The van der Waals surface area contributed by atoms with Crippen molar-refractivity contribution in [2.45, 2.75) is 48.1 Å². The first-order valence-electron chi connectivity index (χ1n) is 12.8. The van der Waals surface area contributed by atoms with Crippen LogP contribution < -0.4 is 10.1 Å². The molecule has 5 rings (SSSR count). The Bertz CT molecular complexity index is 1570. The van der Waals surface area contributed by atoms with Gasteiger partial charge in [-0.25, -0.2) is 16.8 Å². The van der Waals surface area contributed by atoms with Gasteiger partial charge in [0.1, 0.15) is 11.8 Å². The monoisotopic (exact) mass is 569 g/mol. The second kappa shape index (κ2) is 11.1.